The molecule has 0 atom stereocenters. The van der Waals surface area contributed by atoms with Crippen LogP contribution in [0.4, 0.5) is 5.69 Å². The number of hydrogen-bond acceptors (Lipinski definition) is 3. The number of ether oxygens (including phenoxy) is 1. The number of carboxylic acids is 1. The van der Waals surface area contributed by atoms with Crippen LogP contribution in [0.5, 0.6) is 5.75 Å². The minimum absolute atomic E-state index is 0.0110. The van der Waals surface area contributed by atoms with Gasteiger partial charge in [0.1, 0.15) is 17.9 Å². The van der Waals surface area contributed by atoms with E-state index >= 15 is 0 Å². The van der Waals surface area contributed by atoms with Crippen molar-refractivity contribution in [3.63, 3.8) is 0 Å². The number of carboxylic acid groups (broad SMARTS) is 1. The Labute approximate surface area is 117 Å². The van der Waals surface area contributed by atoms with Crippen molar-refractivity contribution >= 4 is 11.7 Å². The molecule has 0 aliphatic carbocycles. The molecule has 0 heterocycles. The van der Waals surface area contributed by atoms with Crippen molar-refractivity contribution in [2.75, 3.05) is 5.73 Å². The summed E-state index contributed by atoms with van der Waals surface area (Å²) in [5, 5.41) is 9.17. The van der Waals surface area contributed by atoms with E-state index in [4.69, 9.17) is 10.5 Å². The molecule has 4 nitrogen and oxygen atoms in total. The number of benzene rings is 2. The Morgan fingerprint density at radius 1 is 1.20 bits per heavy atom. The Morgan fingerprint density at radius 3 is 2.45 bits per heavy atom. The molecule has 104 valence electrons. The topological polar surface area (TPSA) is 72.5 Å². The lowest BCUT2D eigenvalue weighted by Crippen LogP contribution is -2.07. The van der Waals surface area contributed by atoms with Crippen LogP contribution in [0.15, 0.2) is 36.4 Å². The molecule has 0 unspecified atom stereocenters. The van der Waals surface area contributed by atoms with E-state index in [1.54, 1.807) is 18.2 Å². The van der Waals surface area contributed by atoms with Gasteiger partial charge in [0, 0.05) is 5.69 Å². The monoisotopic (exact) mass is 271 g/mol. The number of hydrogen-bond donors (Lipinski definition) is 2. The standard InChI is InChI=1S/C16H17NO3/c1-10-6-11(2)8-12(7-10)9-20-14-5-3-4-13(17)15(14)16(18)19/h3-8H,9,17H2,1-2H3,(H,18,19). The zero-order valence-electron chi connectivity index (χ0n) is 11.5. The van der Waals surface area contributed by atoms with Crippen LogP contribution in [-0.4, -0.2) is 11.1 Å². The minimum Gasteiger partial charge on any atom is -0.488 e. The Kier molecular flexibility index (Phi) is 3.94. The van der Waals surface area contributed by atoms with E-state index in [0.717, 1.165) is 16.7 Å². The average molecular weight is 271 g/mol. The molecule has 0 amide bonds. The van der Waals surface area contributed by atoms with Crippen molar-refractivity contribution in [1.29, 1.82) is 0 Å². The first-order chi connectivity index (χ1) is 9.47. The zero-order chi connectivity index (χ0) is 14.7. The van der Waals surface area contributed by atoms with Gasteiger partial charge in [-0.1, -0.05) is 35.4 Å². The van der Waals surface area contributed by atoms with Gasteiger partial charge in [-0.3, -0.25) is 0 Å². The van der Waals surface area contributed by atoms with E-state index in [2.05, 4.69) is 6.07 Å². The normalized spacial score (nSPS) is 10.3. The molecule has 0 saturated heterocycles. The second kappa shape index (κ2) is 5.65. The van der Waals surface area contributed by atoms with Crippen LogP contribution < -0.4 is 10.5 Å². The van der Waals surface area contributed by atoms with Gasteiger partial charge < -0.3 is 15.6 Å². The number of aryl methyl sites for hydroxylation is 2. The third kappa shape index (κ3) is 3.09. The van der Waals surface area contributed by atoms with Crippen LogP contribution in [0.25, 0.3) is 0 Å². The van der Waals surface area contributed by atoms with E-state index in [-0.39, 0.29) is 17.0 Å². The van der Waals surface area contributed by atoms with Gasteiger partial charge in [0.2, 0.25) is 0 Å². The number of rotatable bonds is 4. The third-order valence-electron chi connectivity index (χ3n) is 2.95. The number of nitrogen functional groups attached to an aromatic ring is 1. The van der Waals surface area contributed by atoms with E-state index in [0.29, 0.717) is 6.61 Å². The lowest BCUT2D eigenvalue weighted by atomic mass is 10.1. The highest BCUT2D eigenvalue weighted by Crippen LogP contribution is 2.25. The highest BCUT2D eigenvalue weighted by molar-refractivity contribution is 5.96. The molecule has 4 heteroatoms. The molecule has 2 rings (SSSR count). The highest BCUT2D eigenvalue weighted by Gasteiger charge is 2.14. The molecule has 3 N–H and O–H groups in total. The lowest BCUT2D eigenvalue weighted by molar-refractivity contribution is 0.0693. The number of nitrogens with two attached hydrogens (primary N) is 1. The van der Waals surface area contributed by atoms with E-state index in [9.17, 15) is 9.90 Å². The van der Waals surface area contributed by atoms with Gasteiger partial charge in [-0.2, -0.15) is 0 Å². The minimum atomic E-state index is -1.08. The van der Waals surface area contributed by atoms with Crippen LogP contribution >= 0.6 is 0 Å². The molecule has 0 fully saturated rings. The summed E-state index contributed by atoms with van der Waals surface area (Å²) in [4.78, 5) is 11.2. The van der Waals surface area contributed by atoms with Crippen LogP contribution in [0.3, 0.4) is 0 Å². The predicted molar refractivity (Wildman–Crippen MR) is 78.1 cm³/mol. The maximum atomic E-state index is 11.2. The Hall–Kier alpha value is -2.49. The molecular formula is C16H17NO3. The molecule has 2 aromatic rings. The van der Waals surface area contributed by atoms with Crippen molar-refractivity contribution < 1.29 is 14.6 Å². The molecule has 0 saturated carbocycles. The van der Waals surface area contributed by atoms with Crippen LogP contribution in [0.1, 0.15) is 27.0 Å². The fourth-order valence-electron chi connectivity index (χ4n) is 2.21. The van der Waals surface area contributed by atoms with Crippen molar-refractivity contribution in [3.05, 3.63) is 58.7 Å². The lowest BCUT2D eigenvalue weighted by Gasteiger charge is -2.11. The summed E-state index contributed by atoms with van der Waals surface area (Å²) >= 11 is 0. The first-order valence-corrected chi connectivity index (χ1v) is 6.29. The average Bonchev–Trinajstić information content (AvgIpc) is 2.34. The fraction of sp³-hybridized carbons (Fsp3) is 0.188. The highest BCUT2D eigenvalue weighted by atomic mass is 16.5. The van der Waals surface area contributed by atoms with E-state index < -0.39 is 5.97 Å². The zero-order valence-corrected chi connectivity index (χ0v) is 11.5. The summed E-state index contributed by atoms with van der Waals surface area (Å²) in [7, 11) is 0. The van der Waals surface area contributed by atoms with Crippen LogP contribution in [-0.2, 0) is 6.61 Å². The van der Waals surface area contributed by atoms with Gasteiger partial charge in [0.05, 0.1) is 0 Å². The van der Waals surface area contributed by atoms with Gasteiger partial charge >= 0.3 is 5.97 Å². The van der Waals surface area contributed by atoms with Crippen molar-refractivity contribution in [2.24, 2.45) is 0 Å². The molecule has 0 bridgehead atoms. The Bertz CT molecular complexity index is 630. The summed E-state index contributed by atoms with van der Waals surface area (Å²) < 4.78 is 5.61. The molecule has 0 aliphatic heterocycles. The summed E-state index contributed by atoms with van der Waals surface area (Å²) in [5.41, 5.74) is 9.19. The smallest absolute Gasteiger partial charge is 0.341 e. The van der Waals surface area contributed by atoms with Gasteiger partial charge in [0.15, 0.2) is 0 Å². The summed E-state index contributed by atoms with van der Waals surface area (Å²) in [6, 6.07) is 10.9. The van der Waals surface area contributed by atoms with Gasteiger partial charge in [-0.25, -0.2) is 4.79 Å². The second-order valence-corrected chi connectivity index (χ2v) is 4.81. The third-order valence-corrected chi connectivity index (χ3v) is 2.95. The van der Waals surface area contributed by atoms with Crippen molar-refractivity contribution in [3.8, 4) is 5.75 Å². The first kappa shape index (κ1) is 13.9. The second-order valence-electron chi connectivity index (χ2n) is 4.81. The maximum absolute atomic E-state index is 11.2. The molecule has 20 heavy (non-hydrogen) atoms. The van der Waals surface area contributed by atoms with Crippen molar-refractivity contribution in [1.82, 2.24) is 0 Å². The van der Waals surface area contributed by atoms with Crippen molar-refractivity contribution in [2.45, 2.75) is 20.5 Å². The number of aromatic carboxylic acids is 1. The number of anilines is 1. The summed E-state index contributed by atoms with van der Waals surface area (Å²) in [5.74, 6) is -0.796. The predicted octanol–water partition coefficient (Wildman–Crippen LogP) is 3.16. The molecular weight excluding hydrogens is 254 g/mol. The van der Waals surface area contributed by atoms with Gasteiger partial charge in [0.25, 0.3) is 0 Å². The molecule has 0 radical (unpaired) electrons. The largest absolute Gasteiger partial charge is 0.488 e. The Balaban J connectivity index is 2.23. The summed E-state index contributed by atoms with van der Waals surface area (Å²) in [6.07, 6.45) is 0. The molecule has 0 spiro atoms. The molecule has 0 aliphatic rings. The maximum Gasteiger partial charge on any atom is 0.341 e. The van der Waals surface area contributed by atoms with Gasteiger partial charge in [-0.15, -0.1) is 0 Å². The Morgan fingerprint density at radius 2 is 1.85 bits per heavy atom. The van der Waals surface area contributed by atoms with Crippen LogP contribution in [0, 0.1) is 13.8 Å². The van der Waals surface area contributed by atoms with Gasteiger partial charge in [-0.05, 0) is 31.5 Å². The fourth-order valence-corrected chi connectivity index (χ4v) is 2.21. The molecule has 2 aromatic carbocycles. The van der Waals surface area contributed by atoms with E-state index in [1.165, 1.54) is 0 Å². The summed E-state index contributed by atoms with van der Waals surface area (Å²) in [6.45, 7) is 4.34. The quantitative estimate of drug-likeness (QED) is 0.838. The molecule has 0 aromatic heterocycles. The first-order valence-electron chi connectivity index (χ1n) is 6.29. The van der Waals surface area contributed by atoms with Crippen LogP contribution in [0.2, 0.25) is 0 Å². The SMILES string of the molecule is Cc1cc(C)cc(COc2cccc(N)c2C(=O)O)c1. The number of carbonyl (C=O) groups is 1. The van der Waals surface area contributed by atoms with E-state index in [1.807, 2.05) is 26.0 Å².